The molecule has 0 spiro atoms. The average Bonchev–Trinajstić information content (AvgIpc) is 3.31. The summed E-state index contributed by atoms with van der Waals surface area (Å²) in [5, 5.41) is 0. The van der Waals surface area contributed by atoms with Crippen molar-refractivity contribution in [3.05, 3.63) is 62.0 Å². The Morgan fingerprint density at radius 2 is 1.70 bits per heavy atom. The van der Waals surface area contributed by atoms with Crippen LogP contribution in [0.25, 0.3) is 0 Å². The van der Waals surface area contributed by atoms with E-state index in [4.69, 9.17) is 9.47 Å². The van der Waals surface area contributed by atoms with Crippen LogP contribution in [-0.2, 0) is 11.2 Å². The van der Waals surface area contributed by atoms with E-state index in [9.17, 15) is 0 Å². The Morgan fingerprint density at radius 1 is 1.09 bits per heavy atom. The quantitative estimate of drug-likeness (QED) is 0.538. The first-order chi connectivity index (χ1) is 11.0. The Hall–Kier alpha value is -0.840. The van der Waals surface area contributed by atoms with Gasteiger partial charge in [-0.1, -0.05) is 38.1 Å². The predicted octanol–water partition coefficient (Wildman–Crippen LogP) is 5.70. The van der Waals surface area contributed by atoms with E-state index in [0.29, 0.717) is 12.5 Å². The van der Waals surface area contributed by atoms with Crippen molar-refractivity contribution in [2.75, 3.05) is 13.2 Å². The summed E-state index contributed by atoms with van der Waals surface area (Å²) in [4.78, 5) is 0. The topological polar surface area (TPSA) is 21.8 Å². The van der Waals surface area contributed by atoms with Gasteiger partial charge in [0.25, 0.3) is 0 Å². The molecule has 1 heterocycles. The minimum Gasteiger partial charge on any atom is -0.488 e. The Bertz CT molecular complexity index is 653. The molecular formula is C19H20Br2O2. The van der Waals surface area contributed by atoms with Crippen molar-refractivity contribution in [2.45, 2.75) is 32.3 Å². The highest BCUT2D eigenvalue weighted by molar-refractivity contribution is 9.11. The van der Waals surface area contributed by atoms with Crippen LogP contribution in [0.3, 0.4) is 0 Å². The normalized spacial score (nSPS) is 16.7. The molecule has 1 unspecified atom stereocenters. The van der Waals surface area contributed by atoms with Gasteiger partial charge in [0.2, 0.25) is 0 Å². The van der Waals surface area contributed by atoms with Gasteiger partial charge in [0.15, 0.2) is 0 Å². The Balaban J connectivity index is 1.72. The van der Waals surface area contributed by atoms with E-state index in [1.807, 2.05) is 0 Å². The van der Waals surface area contributed by atoms with Crippen molar-refractivity contribution in [1.82, 2.24) is 0 Å². The minimum absolute atomic E-state index is 0.257. The van der Waals surface area contributed by atoms with Gasteiger partial charge in [-0.05, 0) is 73.0 Å². The monoisotopic (exact) mass is 438 g/mol. The first-order valence-corrected chi connectivity index (χ1v) is 9.42. The predicted molar refractivity (Wildman–Crippen MR) is 100 cm³/mol. The lowest BCUT2D eigenvalue weighted by Crippen LogP contribution is -2.05. The molecular weight excluding hydrogens is 420 g/mol. The largest absolute Gasteiger partial charge is 0.488 e. The van der Waals surface area contributed by atoms with E-state index < -0.39 is 0 Å². The molecule has 1 saturated heterocycles. The average molecular weight is 440 g/mol. The molecule has 1 atom stereocenters. The standard InChI is InChI=1S/C19H20Br2O2/c1-12(2)15-5-3-13(4-6-15)7-14-8-17(20)19(18(21)9-14)23-11-16-10-22-16/h3-6,8-9,12,16H,7,10-11H2,1-2H3. The van der Waals surface area contributed by atoms with E-state index in [-0.39, 0.29) is 6.10 Å². The molecule has 2 aromatic carbocycles. The van der Waals surface area contributed by atoms with Crippen LogP contribution in [0.15, 0.2) is 45.3 Å². The van der Waals surface area contributed by atoms with Crippen molar-refractivity contribution in [3.8, 4) is 5.75 Å². The lowest BCUT2D eigenvalue weighted by Gasteiger charge is -2.12. The number of hydrogen-bond donors (Lipinski definition) is 0. The van der Waals surface area contributed by atoms with Crippen LogP contribution in [0.2, 0.25) is 0 Å². The maximum atomic E-state index is 5.82. The van der Waals surface area contributed by atoms with Gasteiger partial charge in [-0.15, -0.1) is 0 Å². The highest BCUT2D eigenvalue weighted by atomic mass is 79.9. The molecule has 0 saturated carbocycles. The van der Waals surface area contributed by atoms with E-state index in [1.165, 1.54) is 16.7 Å². The number of benzene rings is 2. The van der Waals surface area contributed by atoms with Crippen LogP contribution >= 0.6 is 31.9 Å². The van der Waals surface area contributed by atoms with Crippen molar-refractivity contribution in [2.24, 2.45) is 0 Å². The number of rotatable bonds is 6. The van der Waals surface area contributed by atoms with Crippen LogP contribution in [0, 0.1) is 0 Å². The summed E-state index contributed by atoms with van der Waals surface area (Å²) in [5.74, 6) is 1.42. The van der Waals surface area contributed by atoms with Crippen LogP contribution in [0.4, 0.5) is 0 Å². The van der Waals surface area contributed by atoms with Crippen molar-refractivity contribution < 1.29 is 9.47 Å². The van der Waals surface area contributed by atoms with E-state index in [0.717, 1.165) is 27.7 Å². The van der Waals surface area contributed by atoms with Crippen molar-refractivity contribution >= 4 is 31.9 Å². The second-order valence-corrected chi connectivity index (χ2v) is 7.94. The molecule has 0 amide bonds. The van der Waals surface area contributed by atoms with E-state index >= 15 is 0 Å². The third-order valence-electron chi connectivity index (χ3n) is 3.93. The zero-order valence-corrected chi connectivity index (χ0v) is 16.5. The highest BCUT2D eigenvalue weighted by Crippen LogP contribution is 2.36. The summed E-state index contributed by atoms with van der Waals surface area (Å²) in [6.45, 7) is 5.84. The molecule has 23 heavy (non-hydrogen) atoms. The smallest absolute Gasteiger partial charge is 0.147 e. The lowest BCUT2D eigenvalue weighted by molar-refractivity contribution is 0.260. The molecule has 0 bridgehead atoms. The molecule has 2 nitrogen and oxygen atoms in total. The Labute approximate surface area is 154 Å². The van der Waals surface area contributed by atoms with Gasteiger partial charge in [0.05, 0.1) is 15.6 Å². The second kappa shape index (κ2) is 7.37. The first kappa shape index (κ1) is 17.0. The molecule has 2 aromatic rings. The zero-order chi connectivity index (χ0) is 16.4. The molecule has 122 valence electrons. The van der Waals surface area contributed by atoms with Crippen LogP contribution in [0.1, 0.15) is 36.5 Å². The number of epoxide rings is 1. The SMILES string of the molecule is CC(C)c1ccc(Cc2cc(Br)c(OCC3CO3)c(Br)c2)cc1. The van der Waals surface area contributed by atoms with Gasteiger partial charge in [-0.3, -0.25) is 0 Å². The lowest BCUT2D eigenvalue weighted by atomic mass is 9.99. The van der Waals surface area contributed by atoms with Gasteiger partial charge in [0, 0.05) is 0 Å². The number of ether oxygens (including phenoxy) is 2. The van der Waals surface area contributed by atoms with Crippen LogP contribution < -0.4 is 4.74 Å². The van der Waals surface area contributed by atoms with Gasteiger partial charge in [0.1, 0.15) is 18.5 Å². The first-order valence-electron chi connectivity index (χ1n) is 7.84. The summed E-state index contributed by atoms with van der Waals surface area (Å²) < 4.78 is 13.0. The van der Waals surface area contributed by atoms with E-state index in [1.54, 1.807) is 0 Å². The fourth-order valence-corrected chi connectivity index (χ4v) is 3.96. The summed E-state index contributed by atoms with van der Waals surface area (Å²) in [6.07, 6.45) is 1.16. The fraction of sp³-hybridized carbons (Fsp3) is 0.368. The molecule has 3 rings (SSSR count). The van der Waals surface area contributed by atoms with Gasteiger partial charge < -0.3 is 9.47 Å². The third-order valence-corrected chi connectivity index (χ3v) is 5.11. The van der Waals surface area contributed by atoms with Crippen molar-refractivity contribution in [1.29, 1.82) is 0 Å². The molecule has 0 N–H and O–H groups in total. The molecule has 0 radical (unpaired) electrons. The molecule has 1 aliphatic heterocycles. The van der Waals surface area contributed by atoms with Gasteiger partial charge in [-0.2, -0.15) is 0 Å². The second-order valence-electron chi connectivity index (χ2n) is 6.23. The molecule has 4 heteroatoms. The summed E-state index contributed by atoms with van der Waals surface area (Å²) >= 11 is 7.23. The molecule has 1 aliphatic rings. The maximum absolute atomic E-state index is 5.82. The van der Waals surface area contributed by atoms with Crippen LogP contribution in [0.5, 0.6) is 5.75 Å². The molecule has 0 aliphatic carbocycles. The van der Waals surface area contributed by atoms with Gasteiger partial charge in [-0.25, -0.2) is 0 Å². The maximum Gasteiger partial charge on any atom is 0.147 e. The summed E-state index contributed by atoms with van der Waals surface area (Å²) in [7, 11) is 0. The van der Waals surface area contributed by atoms with Crippen molar-refractivity contribution in [3.63, 3.8) is 0 Å². The third kappa shape index (κ3) is 4.59. The Kier molecular flexibility index (Phi) is 5.45. The summed E-state index contributed by atoms with van der Waals surface area (Å²) in [5.41, 5.74) is 3.94. The Morgan fingerprint density at radius 3 is 2.22 bits per heavy atom. The number of hydrogen-bond acceptors (Lipinski definition) is 2. The van der Waals surface area contributed by atoms with E-state index in [2.05, 4.69) is 82.1 Å². The van der Waals surface area contributed by atoms with Crippen LogP contribution in [-0.4, -0.2) is 19.3 Å². The highest BCUT2D eigenvalue weighted by Gasteiger charge is 2.24. The minimum atomic E-state index is 0.257. The zero-order valence-electron chi connectivity index (χ0n) is 13.3. The molecule has 0 aromatic heterocycles. The number of halogens is 2. The fourth-order valence-electron chi connectivity index (χ4n) is 2.45. The van der Waals surface area contributed by atoms with Gasteiger partial charge >= 0.3 is 0 Å². The molecule has 1 fully saturated rings. The summed E-state index contributed by atoms with van der Waals surface area (Å²) in [6, 6.07) is 13.1.